The minimum Gasteiger partial charge on any atom is -0.313 e. The second-order valence-electron chi connectivity index (χ2n) is 7.12. The minimum atomic E-state index is 0.622. The fourth-order valence-corrected chi connectivity index (χ4v) is 5.39. The van der Waals surface area contributed by atoms with Gasteiger partial charge in [0.25, 0.3) is 0 Å². The smallest absolute Gasteiger partial charge is 0.190 e. The van der Waals surface area contributed by atoms with Crippen molar-refractivity contribution in [2.45, 2.75) is 19.4 Å². The van der Waals surface area contributed by atoms with Crippen LogP contribution in [0.3, 0.4) is 0 Å². The molecule has 5 rings (SSSR count). The predicted octanol–water partition coefficient (Wildman–Crippen LogP) is 7.55. The Morgan fingerprint density at radius 3 is 2.38 bits per heavy atom. The van der Waals surface area contributed by atoms with Gasteiger partial charge in [-0.2, -0.15) is 0 Å². The van der Waals surface area contributed by atoms with Gasteiger partial charge in [-0.3, -0.25) is 0 Å². The predicted molar refractivity (Wildman–Crippen MR) is 124 cm³/mol. The first-order valence-corrected chi connectivity index (χ1v) is 11.1. The summed E-state index contributed by atoms with van der Waals surface area (Å²) in [6.07, 6.45) is 2.09. The highest BCUT2D eigenvalue weighted by molar-refractivity contribution is 7.16. The number of thiazole rings is 1. The second-order valence-corrected chi connectivity index (χ2v) is 9.06. The molecule has 0 amide bonds. The standard InChI is InChI=1S/C24H18Cl2N2S/c25-18-12-19(26)14-20(13-18)28(15-16-6-2-1-3-7-16)24-27-23-21-9-5-4-8-17(21)10-11-22(23)29-24/h1-9,12-14H,10-11,15H2. The van der Waals surface area contributed by atoms with E-state index in [1.54, 1.807) is 17.4 Å². The van der Waals surface area contributed by atoms with Gasteiger partial charge in [-0.25, -0.2) is 4.98 Å². The van der Waals surface area contributed by atoms with Crippen molar-refractivity contribution in [1.29, 1.82) is 0 Å². The van der Waals surface area contributed by atoms with Crippen LogP contribution < -0.4 is 4.90 Å². The number of hydrogen-bond donors (Lipinski definition) is 0. The second kappa shape index (κ2) is 7.83. The zero-order valence-electron chi connectivity index (χ0n) is 15.6. The average molecular weight is 437 g/mol. The fraction of sp³-hybridized carbons (Fsp3) is 0.125. The summed E-state index contributed by atoms with van der Waals surface area (Å²) in [7, 11) is 0. The number of hydrogen-bond acceptors (Lipinski definition) is 3. The van der Waals surface area contributed by atoms with Gasteiger partial charge in [0.15, 0.2) is 5.13 Å². The molecule has 1 heterocycles. The molecule has 0 radical (unpaired) electrons. The van der Waals surface area contributed by atoms with E-state index in [0.717, 1.165) is 29.4 Å². The number of rotatable bonds is 4. The Balaban J connectivity index is 1.61. The topological polar surface area (TPSA) is 16.1 Å². The molecule has 1 aromatic heterocycles. The summed E-state index contributed by atoms with van der Waals surface area (Å²) in [6, 6.07) is 24.6. The van der Waals surface area contributed by atoms with Gasteiger partial charge in [0.2, 0.25) is 0 Å². The molecule has 0 aliphatic heterocycles. The third kappa shape index (κ3) is 3.78. The maximum Gasteiger partial charge on any atom is 0.190 e. The molecule has 0 atom stereocenters. The van der Waals surface area contributed by atoms with E-state index in [1.807, 2.05) is 18.2 Å². The summed E-state index contributed by atoms with van der Waals surface area (Å²) < 4.78 is 0. The minimum absolute atomic E-state index is 0.622. The maximum absolute atomic E-state index is 6.32. The number of halogens is 2. The highest BCUT2D eigenvalue weighted by Gasteiger charge is 2.24. The molecule has 0 bridgehead atoms. The molecule has 2 nitrogen and oxygen atoms in total. The Morgan fingerprint density at radius 2 is 1.59 bits per heavy atom. The summed E-state index contributed by atoms with van der Waals surface area (Å²) >= 11 is 14.4. The van der Waals surface area contributed by atoms with E-state index in [4.69, 9.17) is 28.2 Å². The molecule has 0 N–H and O–H groups in total. The van der Waals surface area contributed by atoms with Crippen LogP contribution in [0.25, 0.3) is 11.3 Å². The largest absolute Gasteiger partial charge is 0.313 e. The van der Waals surface area contributed by atoms with Crippen LogP contribution in [0.4, 0.5) is 10.8 Å². The fourth-order valence-electron chi connectivity index (χ4n) is 3.78. The molecular formula is C24H18Cl2N2S. The lowest BCUT2D eigenvalue weighted by molar-refractivity contribution is 0.946. The highest BCUT2D eigenvalue weighted by atomic mass is 35.5. The number of anilines is 2. The Morgan fingerprint density at radius 1 is 0.862 bits per heavy atom. The zero-order chi connectivity index (χ0) is 19.8. The van der Waals surface area contributed by atoms with E-state index in [2.05, 4.69) is 53.4 Å². The molecule has 144 valence electrons. The molecule has 1 aliphatic carbocycles. The summed E-state index contributed by atoms with van der Waals surface area (Å²) in [5, 5.41) is 2.21. The van der Waals surface area contributed by atoms with Crippen molar-refractivity contribution in [2.75, 3.05) is 4.90 Å². The Labute approximate surface area is 184 Å². The number of aromatic nitrogens is 1. The molecule has 29 heavy (non-hydrogen) atoms. The van der Waals surface area contributed by atoms with Crippen molar-refractivity contribution >= 4 is 45.4 Å². The van der Waals surface area contributed by atoms with Crippen molar-refractivity contribution in [3.63, 3.8) is 0 Å². The van der Waals surface area contributed by atoms with Gasteiger partial charge < -0.3 is 4.90 Å². The van der Waals surface area contributed by atoms with Crippen molar-refractivity contribution < 1.29 is 0 Å². The van der Waals surface area contributed by atoms with E-state index < -0.39 is 0 Å². The van der Waals surface area contributed by atoms with Crippen LogP contribution in [0.2, 0.25) is 10.0 Å². The van der Waals surface area contributed by atoms with E-state index >= 15 is 0 Å². The van der Waals surface area contributed by atoms with Crippen LogP contribution >= 0.6 is 34.5 Å². The number of benzene rings is 3. The van der Waals surface area contributed by atoms with Gasteiger partial charge >= 0.3 is 0 Å². The normalized spacial score (nSPS) is 12.3. The Kier molecular flexibility index (Phi) is 5.04. The lowest BCUT2D eigenvalue weighted by Crippen LogP contribution is -2.16. The van der Waals surface area contributed by atoms with E-state index in [1.165, 1.54) is 21.6 Å². The molecule has 3 aromatic carbocycles. The van der Waals surface area contributed by atoms with Crippen LogP contribution in [0, 0.1) is 0 Å². The zero-order valence-corrected chi connectivity index (χ0v) is 17.9. The lowest BCUT2D eigenvalue weighted by atomic mass is 9.94. The van der Waals surface area contributed by atoms with E-state index in [0.29, 0.717) is 16.6 Å². The van der Waals surface area contributed by atoms with Gasteiger partial charge in [0.1, 0.15) is 0 Å². The molecule has 0 fully saturated rings. The van der Waals surface area contributed by atoms with Crippen LogP contribution in [0.15, 0.2) is 72.8 Å². The number of aryl methyl sites for hydroxylation is 2. The Hall–Kier alpha value is -2.33. The van der Waals surface area contributed by atoms with Gasteiger partial charge in [-0.1, -0.05) is 77.8 Å². The molecule has 0 saturated heterocycles. The molecular weight excluding hydrogens is 419 g/mol. The first-order chi connectivity index (χ1) is 14.2. The van der Waals surface area contributed by atoms with Gasteiger partial charge in [0, 0.05) is 26.2 Å². The SMILES string of the molecule is Clc1cc(Cl)cc(N(Cc2ccccc2)c2nc3c(s2)CCc2ccccc2-3)c1. The van der Waals surface area contributed by atoms with Gasteiger partial charge in [0.05, 0.1) is 12.2 Å². The Bertz CT molecular complexity index is 1150. The molecule has 1 aliphatic rings. The first kappa shape index (κ1) is 18.7. The van der Waals surface area contributed by atoms with Crippen LogP contribution in [0.5, 0.6) is 0 Å². The van der Waals surface area contributed by atoms with Gasteiger partial charge in [-0.15, -0.1) is 11.3 Å². The third-order valence-electron chi connectivity index (χ3n) is 5.15. The molecule has 0 unspecified atom stereocenters. The van der Waals surface area contributed by atoms with Crippen molar-refractivity contribution in [3.8, 4) is 11.3 Å². The lowest BCUT2D eigenvalue weighted by Gasteiger charge is -2.23. The summed E-state index contributed by atoms with van der Waals surface area (Å²) in [6.45, 7) is 0.700. The maximum atomic E-state index is 6.32. The number of nitrogens with zero attached hydrogens (tertiary/aromatic N) is 2. The summed E-state index contributed by atoms with van der Waals surface area (Å²) in [5.74, 6) is 0. The molecule has 4 aromatic rings. The van der Waals surface area contributed by atoms with Crippen molar-refractivity contribution in [2.24, 2.45) is 0 Å². The summed E-state index contributed by atoms with van der Waals surface area (Å²) in [4.78, 5) is 8.63. The number of fused-ring (bicyclic) bond motifs is 3. The average Bonchev–Trinajstić information content (AvgIpc) is 3.16. The first-order valence-electron chi connectivity index (χ1n) is 9.53. The van der Waals surface area contributed by atoms with Crippen LogP contribution in [0.1, 0.15) is 16.0 Å². The molecule has 0 spiro atoms. The summed E-state index contributed by atoms with van der Waals surface area (Å²) in [5.41, 5.74) is 5.89. The highest BCUT2D eigenvalue weighted by Crippen LogP contribution is 2.42. The van der Waals surface area contributed by atoms with Crippen LogP contribution in [-0.2, 0) is 19.4 Å². The monoisotopic (exact) mass is 436 g/mol. The van der Waals surface area contributed by atoms with Crippen LogP contribution in [-0.4, -0.2) is 4.98 Å². The van der Waals surface area contributed by atoms with E-state index in [9.17, 15) is 0 Å². The third-order valence-corrected chi connectivity index (χ3v) is 6.73. The van der Waals surface area contributed by atoms with E-state index in [-0.39, 0.29) is 0 Å². The van der Waals surface area contributed by atoms with Gasteiger partial charge in [-0.05, 0) is 42.2 Å². The quantitative estimate of drug-likeness (QED) is 0.328. The van der Waals surface area contributed by atoms with Crippen molar-refractivity contribution in [1.82, 2.24) is 4.98 Å². The molecule has 5 heteroatoms. The molecule has 0 saturated carbocycles. The van der Waals surface area contributed by atoms with Crippen molar-refractivity contribution in [3.05, 3.63) is 98.8 Å².